The lowest BCUT2D eigenvalue weighted by Crippen LogP contribution is -2.33. The van der Waals surface area contributed by atoms with E-state index in [0.29, 0.717) is 53.6 Å². The van der Waals surface area contributed by atoms with E-state index in [0.717, 1.165) is 48.7 Å². The monoisotopic (exact) mass is 572 g/mol. The maximum absolute atomic E-state index is 14.1. The molecule has 1 saturated carbocycles. The number of fused-ring (bicyclic) bond motifs is 2. The molecule has 0 bridgehead atoms. The van der Waals surface area contributed by atoms with Gasteiger partial charge in [0.25, 0.3) is 0 Å². The number of piperidine rings is 1. The first-order valence-electron chi connectivity index (χ1n) is 14.4. The maximum atomic E-state index is 14.1. The third-order valence-corrected chi connectivity index (χ3v) is 8.84. The Bertz CT molecular complexity index is 1660. The number of halogens is 1. The van der Waals surface area contributed by atoms with Crippen LogP contribution in [0.15, 0.2) is 48.5 Å². The van der Waals surface area contributed by atoms with Crippen LogP contribution in [0.25, 0.3) is 11.0 Å². The van der Waals surface area contributed by atoms with Gasteiger partial charge in [-0.1, -0.05) is 17.7 Å². The number of aromatic carboxylic acids is 1. The Morgan fingerprint density at radius 1 is 1.14 bits per heavy atom. The van der Waals surface area contributed by atoms with Gasteiger partial charge in [0.2, 0.25) is 5.88 Å². The second-order valence-corrected chi connectivity index (χ2v) is 11.6. The Kier molecular flexibility index (Phi) is 6.82. The molecule has 2 aromatic carbocycles. The van der Waals surface area contributed by atoms with Crippen LogP contribution in [0.1, 0.15) is 45.3 Å². The number of carboxylic acids is 1. The molecule has 3 aliphatic rings. The number of hydrogen-bond acceptors (Lipinski definition) is 7. The smallest absolute Gasteiger partial charge is 0.335 e. The molecule has 0 radical (unpaired) electrons. The summed E-state index contributed by atoms with van der Waals surface area (Å²) in [4.78, 5) is 23.9. The molecule has 2 unspecified atom stereocenters. The zero-order valence-electron chi connectivity index (χ0n) is 23.6. The van der Waals surface area contributed by atoms with Crippen molar-refractivity contribution in [2.24, 2.45) is 11.8 Å². The third kappa shape index (κ3) is 4.98. The molecular weight excluding hydrogens is 539 g/mol. The lowest BCUT2D eigenvalue weighted by atomic mass is 10.1. The highest BCUT2D eigenvalue weighted by Gasteiger charge is 2.57. The first-order valence-corrected chi connectivity index (χ1v) is 14.4. The first kappa shape index (κ1) is 26.9. The average Bonchev–Trinajstić information content (AvgIpc) is 3.27. The summed E-state index contributed by atoms with van der Waals surface area (Å²) in [7, 11) is 1.54. The molecular formula is C32H33FN4O5. The molecule has 0 amide bonds. The van der Waals surface area contributed by atoms with Gasteiger partial charge < -0.3 is 23.9 Å². The Morgan fingerprint density at radius 2 is 1.95 bits per heavy atom. The second kappa shape index (κ2) is 10.7. The molecule has 3 fully saturated rings. The topological polar surface area (TPSA) is 98.9 Å². The molecule has 7 rings (SSSR count). The van der Waals surface area contributed by atoms with Gasteiger partial charge in [-0.3, -0.25) is 4.90 Å². The van der Waals surface area contributed by atoms with Crippen LogP contribution in [0.5, 0.6) is 11.6 Å². The molecule has 2 saturated heterocycles. The lowest BCUT2D eigenvalue weighted by Gasteiger charge is -2.28. The number of hydrogen-bond donors (Lipinski definition) is 1. The lowest BCUT2D eigenvalue weighted by molar-refractivity contribution is -0.0591. The number of aromatic nitrogens is 3. The van der Waals surface area contributed by atoms with Crippen LogP contribution in [0.4, 0.5) is 4.39 Å². The number of methoxy groups -OCH3 is 1. The van der Waals surface area contributed by atoms with Crippen molar-refractivity contribution >= 4 is 17.0 Å². The van der Waals surface area contributed by atoms with Crippen molar-refractivity contribution in [1.29, 1.82) is 0 Å². The predicted octanol–water partition coefficient (Wildman–Crippen LogP) is 4.80. The van der Waals surface area contributed by atoms with Gasteiger partial charge in [-0.15, -0.1) is 0 Å². The van der Waals surface area contributed by atoms with E-state index in [1.54, 1.807) is 18.2 Å². The number of benzene rings is 2. The highest BCUT2D eigenvalue weighted by molar-refractivity contribution is 5.95. The van der Waals surface area contributed by atoms with Gasteiger partial charge in [-0.2, -0.15) is 0 Å². The molecule has 2 aromatic heterocycles. The third-order valence-electron chi connectivity index (χ3n) is 8.84. The molecule has 1 aliphatic carbocycles. The van der Waals surface area contributed by atoms with Crippen molar-refractivity contribution in [2.75, 3.05) is 26.8 Å². The largest absolute Gasteiger partial charge is 0.494 e. The summed E-state index contributed by atoms with van der Waals surface area (Å²) in [5.74, 6) is 1.96. The standard InChI is InChI=1S/C32H33FN4O5/c1-18-6-7-24(33)20(10-18)17-42-29-5-3-4-25(34-29)30-22-14-36(15-23(22)30)16-28-35-31-26(37(28)13-21-8-9-41-21)11-19(32(38)39)12-27(31)40-2/h3-7,10-12,21-23,30H,8-9,13-17H2,1-2H3,(H,38,39)/t21?,22-,23+,30?. The van der Waals surface area contributed by atoms with E-state index in [9.17, 15) is 14.3 Å². The number of nitrogens with zero attached hydrogens (tertiary/aromatic N) is 4. The summed E-state index contributed by atoms with van der Waals surface area (Å²) < 4.78 is 33.4. The number of likely N-dealkylation sites (tertiary alicyclic amines) is 1. The number of imidazole rings is 1. The quantitative estimate of drug-likeness (QED) is 0.290. The molecule has 42 heavy (non-hydrogen) atoms. The van der Waals surface area contributed by atoms with E-state index in [1.165, 1.54) is 19.2 Å². The first-order chi connectivity index (χ1) is 20.4. The summed E-state index contributed by atoms with van der Waals surface area (Å²) in [6.45, 7) is 5.96. The van der Waals surface area contributed by atoms with Crippen molar-refractivity contribution < 1.29 is 28.5 Å². The van der Waals surface area contributed by atoms with Gasteiger partial charge in [-0.05, 0) is 55.5 Å². The van der Waals surface area contributed by atoms with Gasteiger partial charge in [0.1, 0.15) is 29.5 Å². The van der Waals surface area contributed by atoms with Gasteiger partial charge in [0.15, 0.2) is 0 Å². The SMILES string of the molecule is COc1cc(C(=O)O)cc2c1nc(CN1C[C@@H]3C(c4cccc(OCc5cc(C)ccc5F)n4)[C@@H]3C1)n2CC1CCO1. The molecule has 10 heteroatoms. The van der Waals surface area contributed by atoms with Gasteiger partial charge in [-0.25, -0.2) is 19.2 Å². The van der Waals surface area contributed by atoms with Crippen LogP contribution in [-0.4, -0.2) is 63.4 Å². The summed E-state index contributed by atoms with van der Waals surface area (Å²) in [5, 5.41) is 9.66. The molecule has 1 N–H and O–H groups in total. The van der Waals surface area contributed by atoms with Crippen LogP contribution in [0.2, 0.25) is 0 Å². The number of carbonyl (C=O) groups is 1. The number of pyridine rings is 1. The predicted molar refractivity (Wildman–Crippen MR) is 152 cm³/mol. The Hall–Kier alpha value is -4.02. The second-order valence-electron chi connectivity index (χ2n) is 11.6. The van der Waals surface area contributed by atoms with Crippen LogP contribution < -0.4 is 9.47 Å². The minimum absolute atomic E-state index is 0.0972. The van der Waals surface area contributed by atoms with Crippen molar-refractivity contribution in [2.45, 2.75) is 45.1 Å². The molecule has 9 nitrogen and oxygen atoms in total. The molecule has 218 valence electrons. The van der Waals surface area contributed by atoms with E-state index < -0.39 is 5.97 Å². The zero-order chi connectivity index (χ0) is 29.0. The van der Waals surface area contributed by atoms with Crippen LogP contribution >= 0.6 is 0 Å². The maximum Gasteiger partial charge on any atom is 0.335 e. The fraction of sp³-hybridized carbons (Fsp3) is 0.406. The van der Waals surface area contributed by atoms with Crippen molar-refractivity contribution in [1.82, 2.24) is 19.4 Å². The molecule has 4 aromatic rings. The van der Waals surface area contributed by atoms with Gasteiger partial charge >= 0.3 is 5.97 Å². The Morgan fingerprint density at radius 3 is 2.67 bits per heavy atom. The summed E-state index contributed by atoms with van der Waals surface area (Å²) >= 11 is 0. The van der Waals surface area contributed by atoms with E-state index in [1.807, 2.05) is 19.1 Å². The van der Waals surface area contributed by atoms with Crippen molar-refractivity contribution in [3.8, 4) is 11.6 Å². The number of aryl methyl sites for hydroxylation is 1. The highest BCUT2D eigenvalue weighted by Crippen LogP contribution is 2.58. The van der Waals surface area contributed by atoms with E-state index in [2.05, 4.69) is 15.5 Å². The van der Waals surface area contributed by atoms with E-state index in [-0.39, 0.29) is 24.1 Å². The summed E-state index contributed by atoms with van der Waals surface area (Å²) in [6, 6.07) is 14.1. The average molecular weight is 573 g/mol. The normalized spacial score (nSPS) is 23.0. The van der Waals surface area contributed by atoms with Crippen LogP contribution in [0.3, 0.4) is 0 Å². The number of rotatable bonds is 10. The summed E-state index contributed by atoms with van der Waals surface area (Å²) in [5.41, 5.74) is 4.13. The fourth-order valence-electron chi connectivity index (χ4n) is 6.52. The van der Waals surface area contributed by atoms with Crippen molar-refractivity contribution in [3.63, 3.8) is 0 Å². The molecule has 0 spiro atoms. The molecule has 2 aliphatic heterocycles. The van der Waals surface area contributed by atoms with E-state index >= 15 is 0 Å². The van der Waals surface area contributed by atoms with Gasteiger partial charge in [0, 0.05) is 42.9 Å². The molecule has 4 heterocycles. The van der Waals surface area contributed by atoms with Crippen molar-refractivity contribution in [3.05, 3.63) is 82.6 Å². The molecule has 4 atom stereocenters. The van der Waals surface area contributed by atoms with Crippen LogP contribution in [0, 0.1) is 24.6 Å². The highest BCUT2D eigenvalue weighted by atomic mass is 19.1. The minimum atomic E-state index is -1.000. The van der Waals surface area contributed by atoms with Gasteiger partial charge in [0.05, 0.1) is 37.4 Å². The number of ether oxygens (including phenoxy) is 3. The Balaban J connectivity index is 1.05. The number of carboxylic acid groups (broad SMARTS) is 1. The zero-order valence-corrected chi connectivity index (χ0v) is 23.6. The summed E-state index contributed by atoms with van der Waals surface area (Å²) in [6.07, 6.45) is 1.07. The minimum Gasteiger partial charge on any atom is -0.494 e. The van der Waals surface area contributed by atoms with E-state index in [4.69, 9.17) is 24.2 Å². The Labute approximate surface area is 242 Å². The fourth-order valence-corrected chi connectivity index (χ4v) is 6.52. The van der Waals surface area contributed by atoms with Crippen LogP contribution in [-0.2, 0) is 24.4 Å².